The van der Waals surface area contributed by atoms with E-state index < -0.39 is 54.1 Å². The summed E-state index contributed by atoms with van der Waals surface area (Å²) in [4.78, 5) is 58.3. The second-order valence-corrected chi connectivity index (χ2v) is 8.86. The van der Waals surface area contributed by atoms with E-state index in [1.165, 1.54) is 12.8 Å². The van der Waals surface area contributed by atoms with Crippen LogP contribution in [0.15, 0.2) is 23.5 Å². The first-order valence-corrected chi connectivity index (χ1v) is 11.0. The van der Waals surface area contributed by atoms with Gasteiger partial charge in [0.2, 0.25) is 5.60 Å². The average Bonchev–Trinajstić information content (AvgIpc) is 3.48. The number of Topliss-reactive ketones (excluding diaryl/α,β-unsaturated/α-hetero) is 2. The van der Waals surface area contributed by atoms with Crippen molar-refractivity contribution in [2.45, 2.75) is 69.9 Å². The lowest BCUT2D eigenvalue weighted by atomic mass is 9.81. The topological polar surface area (TPSA) is 135 Å². The molecular weight excluding hydrogens is 433 g/mol. The Morgan fingerprint density at radius 1 is 1.27 bits per heavy atom. The molecule has 178 valence electrons. The Morgan fingerprint density at radius 2 is 1.97 bits per heavy atom. The number of halogens is 1. The zero-order valence-corrected chi connectivity index (χ0v) is 18.7. The second-order valence-electron chi connectivity index (χ2n) is 8.86. The van der Waals surface area contributed by atoms with Crippen molar-refractivity contribution in [3.63, 3.8) is 0 Å². The second kappa shape index (κ2) is 10.2. The number of carboxylic acids is 1. The number of alkyl halides is 1. The molecule has 0 spiro atoms. The number of carbonyl (C=O) groups excluding carboxylic acids is 3. The van der Waals surface area contributed by atoms with Crippen LogP contribution < -0.4 is 5.32 Å². The first kappa shape index (κ1) is 24.5. The Hall–Kier alpha value is -3.17. The Labute approximate surface area is 190 Å². The molecule has 0 radical (unpaired) electrons. The van der Waals surface area contributed by atoms with Gasteiger partial charge < -0.3 is 15.3 Å². The van der Waals surface area contributed by atoms with Crippen LogP contribution in [-0.4, -0.2) is 57.6 Å². The van der Waals surface area contributed by atoms with Crippen molar-refractivity contribution in [1.82, 2.24) is 10.3 Å². The summed E-state index contributed by atoms with van der Waals surface area (Å²) in [7, 11) is 0. The molecule has 1 aliphatic carbocycles. The van der Waals surface area contributed by atoms with E-state index in [1.54, 1.807) is 20.0 Å². The van der Waals surface area contributed by atoms with Gasteiger partial charge in [-0.05, 0) is 36.5 Å². The van der Waals surface area contributed by atoms with Crippen LogP contribution in [0.4, 0.5) is 4.39 Å². The number of oxime groups is 1. The van der Waals surface area contributed by atoms with Crippen molar-refractivity contribution in [2.24, 2.45) is 11.1 Å². The first-order valence-electron chi connectivity index (χ1n) is 11.0. The first-order chi connectivity index (χ1) is 15.7. The molecule has 33 heavy (non-hydrogen) atoms. The number of ketones is 2. The summed E-state index contributed by atoms with van der Waals surface area (Å²) in [5, 5.41) is 15.0. The maximum Gasteiger partial charge on any atom is 0.305 e. The van der Waals surface area contributed by atoms with Crippen LogP contribution in [0.5, 0.6) is 0 Å². The van der Waals surface area contributed by atoms with Crippen molar-refractivity contribution in [3.05, 3.63) is 29.6 Å². The molecule has 2 heterocycles. The summed E-state index contributed by atoms with van der Waals surface area (Å²) in [6.45, 7) is 1.91. The number of hydrogen-bond donors (Lipinski definition) is 2. The molecule has 1 aliphatic heterocycles. The molecule has 0 saturated heterocycles. The van der Waals surface area contributed by atoms with E-state index in [0.29, 0.717) is 17.3 Å². The Kier molecular flexibility index (Phi) is 7.55. The normalized spacial score (nSPS) is 21.4. The number of carbonyl (C=O) groups is 4. The molecule has 9 nitrogen and oxygen atoms in total. The van der Waals surface area contributed by atoms with E-state index in [9.17, 15) is 23.6 Å². The zero-order chi connectivity index (χ0) is 24.2. The van der Waals surface area contributed by atoms with Gasteiger partial charge in [-0.3, -0.25) is 24.2 Å². The van der Waals surface area contributed by atoms with Gasteiger partial charge in [0.25, 0.3) is 11.7 Å². The minimum absolute atomic E-state index is 0.0152. The van der Waals surface area contributed by atoms with Crippen molar-refractivity contribution in [2.75, 3.05) is 6.67 Å². The van der Waals surface area contributed by atoms with Gasteiger partial charge >= 0.3 is 5.97 Å². The van der Waals surface area contributed by atoms with Crippen molar-refractivity contribution in [1.29, 1.82) is 0 Å². The van der Waals surface area contributed by atoms with Crippen LogP contribution in [0.2, 0.25) is 0 Å². The molecular formula is C23H28FN3O6. The fraction of sp³-hybridized carbons (Fsp3) is 0.565. The van der Waals surface area contributed by atoms with Crippen LogP contribution in [0.25, 0.3) is 0 Å². The minimum atomic E-state index is -1.65. The van der Waals surface area contributed by atoms with E-state index in [0.717, 1.165) is 18.4 Å². The van der Waals surface area contributed by atoms with E-state index in [2.05, 4.69) is 15.5 Å². The number of carboxylic acid groups (broad SMARTS) is 1. The van der Waals surface area contributed by atoms with Crippen molar-refractivity contribution < 1.29 is 33.5 Å². The number of hydrogen-bond acceptors (Lipinski definition) is 7. The smallest absolute Gasteiger partial charge is 0.305 e. The van der Waals surface area contributed by atoms with Gasteiger partial charge in [-0.2, -0.15) is 0 Å². The third kappa shape index (κ3) is 5.26. The summed E-state index contributed by atoms with van der Waals surface area (Å²) in [5.41, 5.74) is 0.488. The van der Waals surface area contributed by atoms with Gasteiger partial charge in [-0.15, -0.1) is 0 Å². The summed E-state index contributed by atoms with van der Waals surface area (Å²) in [6.07, 6.45) is 5.41. The Bertz CT molecular complexity index is 973. The molecule has 0 aromatic carbocycles. The van der Waals surface area contributed by atoms with Crippen molar-refractivity contribution >= 4 is 29.2 Å². The average molecular weight is 461 g/mol. The molecule has 1 aromatic rings. The molecule has 2 aliphatic rings. The van der Waals surface area contributed by atoms with E-state index in [4.69, 9.17) is 9.94 Å². The van der Waals surface area contributed by atoms with Gasteiger partial charge in [-0.1, -0.05) is 31.8 Å². The molecule has 1 unspecified atom stereocenters. The third-order valence-corrected chi connectivity index (χ3v) is 6.38. The maximum atomic E-state index is 13.1. The maximum absolute atomic E-state index is 13.1. The molecule has 2 N–H and O–H groups in total. The quantitative estimate of drug-likeness (QED) is 0.511. The molecule has 10 heteroatoms. The lowest BCUT2D eigenvalue weighted by Gasteiger charge is -2.28. The number of pyridine rings is 1. The van der Waals surface area contributed by atoms with Crippen LogP contribution in [0.3, 0.4) is 0 Å². The number of nitrogens with one attached hydrogen (secondary N) is 1. The number of nitrogens with zero attached hydrogens (tertiary/aromatic N) is 2. The lowest BCUT2D eigenvalue weighted by Crippen LogP contribution is -2.54. The molecule has 2 atom stereocenters. The predicted octanol–water partition coefficient (Wildman–Crippen LogP) is 2.33. The molecule has 1 saturated carbocycles. The molecule has 1 fully saturated rings. The molecule has 3 rings (SSSR count). The standard InChI is InChI=1S/C23H28FN3O6/c1-13(2)23(21(31)22(32)26-17(10-20(29)30)19(28)12-24)11-18(27-33-23)16-9-15(7-8-25-16)14-5-3-4-6-14/h7-9,13-14,17H,3-6,10-12H2,1-2H3,(H,26,32)(H,29,30)/t17?,23-/m1/s1. The van der Waals surface area contributed by atoms with Gasteiger partial charge in [0.05, 0.1) is 12.1 Å². The SMILES string of the molecule is CC(C)[C@@]1(C(=O)C(=O)NC(CC(=O)O)C(=O)CF)CC(c2cc(C3CCCC3)ccn2)=NO1. The van der Waals surface area contributed by atoms with Crippen LogP contribution in [0, 0.1) is 5.92 Å². The summed E-state index contributed by atoms with van der Waals surface area (Å²) in [6, 6.07) is 2.25. The highest BCUT2D eigenvalue weighted by Crippen LogP contribution is 2.37. The summed E-state index contributed by atoms with van der Waals surface area (Å²) in [5.74, 6) is -4.80. The Morgan fingerprint density at radius 3 is 2.58 bits per heavy atom. The number of aliphatic carboxylic acids is 1. The third-order valence-electron chi connectivity index (χ3n) is 6.38. The van der Waals surface area contributed by atoms with E-state index in [-0.39, 0.29) is 6.42 Å². The summed E-state index contributed by atoms with van der Waals surface area (Å²) < 4.78 is 12.8. The van der Waals surface area contributed by atoms with E-state index in [1.807, 2.05) is 12.1 Å². The zero-order valence-electron chi connectivity index (χ0n) is 18.7. The van der Waals surface area contributed by atoms with Gasteiger partial charge in [0, 0.05) is 18.5 Å². The van der Waals surface area contributed by atoms with Gasteiger partial charge in [-0.25, -0.2) is 4.39 Å². The highest BCUT2D eigenvalue weighted by atomic mass is 19.1. The molecule has 1 amide bonds. The van der Waals surface area contributed by atoms with Crippen LogP contribution in [0.1, 0.15) is 69.5 Å². The highest BCUT2D eigenvalue weighted by molar-refractivity contribution is 6.40. The number of amides is 1. The predicted molar refractivity (Wildman–Crippen MR) is 115 cm³/mol. The lowest BCUT2D eigenvalue weighted by molar-refractivity contribution is -0.157. The largest absolute Gasteiger partial charge is 0.481 e. The number of rotatable bonds is 10. The van der Waals surface area contributed by atoms with Crippen molar-refractivity contribution in [3.8, 4) is 0 Å². The number of aromatic nitrogens is 1. The monoisotopic (exact) mass is 461 g/mol. The molecule has 1 aromatic heterocycles. The molecule has 0 bridgehead atoms. The fourth-order valence-corrected chi connectivity index (χ4v) is 4.33. The summed E-state index contributed by atoms with van der Waals surface area (Å²) >= 11 is 0. The highest BCUT2D eigenvalue weighted by Gasteiger charge is 2.52. The van der Waals surface area contributed by atoms with Gasteiger partial charge in [0.15, 0.2) is 5.78 Å². The van der Waals surface area contributed by atoms with E-state index >= 15 is 0 Å². The minimum Gasteiger partial charge on any atom is -0.481 e. The van der Waals surface area contributed by atoms with Crippen LogP contribution >= 0.6 is 0 Å². The fourth-order valence-electron chi connectivity index (χ4n) is 4.33. The van der Waals surface area contributed by atoms with Crippen LogP contribution in [-0.2, 0) is 24.0 Å². The van der Waals surface area contributed by atoms with Gasteiger partial charge in [0.1, 0.15) is 18.4 Å². The Balaban J connectivity index is 1.78.